The third-order valence-electron chi connectivity index (χ3n) is 5.54. The average Bonchev–Trinajstić information content (AvgIpc) is 3.15. The molecule has 4 N–H and O–H groups in total. The highest BCUT2D eigenvalue weighted by atomic mass is 16.1. The van der Waals surface area contributed by atoms with Gasteiger partial charge in [-0.25, -0.2) is 4.79 Å². The van der Waals surface area contributed by atoms with Gasteiger partial charge in [0.25, 0.3) is 0 Å². The van der Waals surface area contributed by atoms with E-state index in [2.05, 4.69) is 22.0 Å². The highest BCUT2D eigenvalue weighted by Gasteiger charge is 2.58. The highest BCUT2D eigenvalue weighted by molar-refractivity contribution is 5.36. The van der Waals surface area contributed by atoms with Gasteiger partial charge in [0.15, 0.2) is 0 Å². The van der Waals surface area contributed by atoms with Gasteiger partial charge < -0.3 is 16.4 Å². The number of fused-ring (bicyclic) bond motifs is 1. The zero-order valence-corrected chi connectivity index (χ0v) is 13.7. The fourth-order valence-corrected chi connectivity index (χ4v) is 3.91. The van der Waals surface area contributed by atoms with Gasteiger partial charge >= 0.3 is 5.69 Å². The minimum atomic E-state index is -0.355. The molecule has 6 heteroatoms. The van der Waals surface area contributed by atoms with Crippen molar-refractivity contribution >= 4 is 5.82 Å². The van der Waals surface area contributed by atoms with E-state index in [9.17, 15) is 4.79 Å². The summed E-state index contributed by atoms with van der Waals surface area (Å²) in [7, 11) is 0. The Labute approximate surface area is 141 Å². The first-order valence-electron chi connectivity index (χ1n) is 8.47. The van der Waals surface area contributed by atoms with Crippen LogP contribution in [0, 0.1) is 11.3 Å². The fourth-order valence-electron chi connectivity index (χ4n) is 3.91. The molecule has 126 valence electrons. The maximum Gasteiger partial charge on any atom is 0.354 e. The lowest BCUT2D eigenvalue weighted by molar-refractivity contribution is 0.285. The van der Waals surface area contributed by atoms with Crippen molar-refractivity contribution in [2.24, 2.45) is 17.1 Å². The second-order valence-electron chi connectivity index (χ2n) is 7.12. The second kappa shape index (κ2) is 5.72. The number of piperidine rings is 1. The summed E-state index contributed by atoms with van der Waals surface area (Å²) in [5.41, 5.74) is 13.6. The molecule has 1 aliphatic carbocycles. The zero-order chi connectivity index (χ0) is 16.7. The molecule has 1 saturated carbocycles. The van der Waals surface area contributed by atoms with E-state index in [1.807, 2.05) is 12.1 Å². The molecule has 0 bridgehead atoms. The number of hydrogen-bond donors (Lipinski definition) is 2. The summed E-state index contributed by atoms with van der Waals surface area (Å²) in [6, 6.07) is 9.69. The van der Waals surface area contributed by atoms with Crippen LogP contribution in [0.25, 0.3) is 5.69 Å². The molecule has 4 rings (SSSR count). The number of aromatic nitrogens is 2. The van der Waals surface area contributed by atoms with Crippen LogP contribution in [0.3, 0.4) is 0 Å². The minimum Gasteiger partial charge on any atom is -0.383 e. The number of nitrogens with zero attached hydrogens (tertiary/aromatic N) is 3. The maximum atomic E-state index is 11.9. The topological polar surface area (TPSA) is 90.2 Å². The van der Waals surface area contributed by atoms with Crippen LogP contribution in [0.2, 0.25) is 0 Å². The van der Waals surface area contributed by atoms with E-state index >= 15 is 0 Å². The molecule has 2 fully saturated rings. The van der Waals surface area contributed by atoms with Crippen LogP contribution in [0.5, 0.6) is 0 Å². The summed E-state index contributed by atoms with van der Waals surface area (Å²) in [5.74, 6) is 1.07. The van der Waals surface area contributed by atoms with Crippen molar-refractivity contribution in [2.45, 2.75) is 12.8 Å². The van der Waals surface area contributed by atoms with Crippen molar-refractivity contribution in [2.75, 3.05) is 31.9 Å². The third kappa shape index (κ3) is 2.72. The molecule has 2 atom stereocenters. The van der Waals surface area contributed by atoms with Crippen molar-refractivity contribution in [3.8, 4) is 5.69 Å². The SMILES string of the molecule is NCC12CC1CN(CCc1ccc(-n3ccc(N)nc3=O)cc1)C2. The fraction of sp³-hybridized carbons (Fsp3) is 0.444. The lowest BCUT2D eigenvalue weighted by Crippen LogP contribution is -2.30. The van der Waals surface area contributed by atoms with E-state index in [-0.39, 0.29) is 11.5 Å². The van der Waals surface area contributed by atoms with Crippen LogP contribution >= 0.6 is 0 Å². The molecule has 2 aliphatic rings. The molecular weight excluding hydrogens is 302 g/mol. The molecular formula is C18H23N5O. The molecule has 2 unspecified atom stereocenters. The Morgan fingerprint density at radius 1 is 1.25 bits per heavy atom. The van der Waals surface area contributed by atoms with Crippen molar-refractivity contribution in [1.82, 2.24) is 14.5 Å². The van der Waals surface area contributed by atoms with Crippen molar-refractivity contribution in [1.29, 1.82) is 0 Å². The maximum absolute atomic E-state index is 11.9. The highest BCUT2D eigenvalue weighted by Crippen LogP contribution is 2.56. The first kappa shape index (κ1) is 15.4. The minimum absolute atomic E-state index is 0.242. The Hall–Kier alpha value is -2.18. The van der Waals surface area contributed by atoms with Crippen LogP contribution in [-0.2, 0) is 6.42 Å². The quantitative estimate of drug-likeness (QED) is 0.842. The predicted octanol–water partition coefficient (Wildman–Crippen LogP) is 0.638. The first-order valence-corrected chi connectivity index (χ1v) is 8.47. The first-order chi connectivity index (χ1) is 11.6. The van der Waals surface area contributed by atoms with Crippen LogP contribution in [0.1, 0.15) is 12.0 Å². The van der Waals surface area contributed by atoms with Crippen molar-refractivity contribution < 1.29 is 0 Å². The largest absolute Gasteiger partial charge is 0.383 e. The van der Waals surface area contributed by atoms with Gasteiger partial charge in [0, 0.05) is 25.8 Å². The summed E-state index contributed by atoms with van der Waals surface area (Å²) < 4.78 is 1.50. The molecule has 1 aliphatic heterocycles. The smallest absolute Gasteiger partial charge is 0.354 e. The van der Waals surface area contributed by atoms with Crippen LogP contribution in [0.15, 0.2) is 41.3 Å². The van der Waals surface area contributed by atoms with Gasteiger partial charge in [0.1, 0.15) is 5.82 Å². The van der Waals surface area contributed by atoms with E-state index in [1.165, 1.54) is 23.1 Å². The molecule has 1 aromatic carbocycles. The molecule has 2 heterocycles. The van der Waals surface area contributed by atoms with Crippen molar-refractivity contribution in [3.63, 3.8) is 0 Å². The molecule has 6 nitrogen and oxygen atoms in total. The molecule has 2 aromatic rings. The summed E-state index contributed by atoms with van der Waals surface area (Å²) in [4.78, 5) is 18.2. The zero-order valence-electron chi connectivity index (χ0n) is 13.7. The second-order valence-corrected chi connectivity index (χ2v) is 7.12. The Morgan fingerprint density at radius 2 is 2.04 bits per heavy atom. The van der Waals surface area contributed by atoms with Gasteiger partial charge in [0.05, 0.1) is 5.69 Å². The van der Waals surface area contributed by atoms with Gasteiger partial charge in [0.2, 0.25) is 0 Å². The number of nitrogen functional groups attached to an aromatic ring is 1. The summed E-state index contributed by atoms with van der Waals surface area (Å²) in [6.45, 7) is 4.24. The van der Waals surface area contributed by atoms with E-state index in [1.54, 1.807) is 12.3 Å². The number of nitrogens with two attached hydrogens (primary N) is 2. The van der Waals surface area contributed by atoms with Gasteiger partial charge in [-0.2, -0.15) is 4.98 Å². The predicted molar refractivity (Wildman–Crippen MR) is 94.0 cm³/mol. The van der Waals surface area contributed by atoms with Crippen LogP contribution in [-0.4, -0.2) is 40.6 Å². The number of benzene rings is 1. The lowest BCUT2D eigenvalue weighted by atomic mass is 10.1. The van der Waals surface area contributed by atoms with Crippen molar-refractivity contribution in [3.05, 3.63) is 52.6 Å². The summed E-state index contributed by atoms with van der Waals surface area (Å²) >= 11 is 0. The molecule has 0 radical (unpaired) electrons. The molecule has 0 amide bonds. The Balaban J connectivity index is 1.39. The number of likely N-dealkylation sites (tertiary alicyclic amines) is 1. The van der Waals surface area contributed by atoms with Gasteiger partial charge in [-0.1, -0.05) is 12.1 Å². The van der Waals surface area contributed by atoms with E-state index in [0.717, 1.165) is 37.7 Å². The Kier molecular flexibility index (Phi) is 3.66. The molecule has 24 heavy (non-hydrogen) atoms. The number of rotatable bonds is 5. The van der Waals surface area contributed by atoms with Crippen LogP contribution in [0.4, 0.5) is 5.82 Å². The van der Waals surface area contributed by atoms with E-state index in [4.69, 9.17) is 11.5 Å². The standard InChI is InChI=1S/C18H23N5O/c19-11-18-9-14(18)10-22(12-18)7-5-13-1-3-15(4-2-13)23-8-6-16(20)21-17(23)24/h1-4,6,8,14H,5,7,9-12,19H2,(H2,20,21,24). The summed E-state index contributed by atoms with van der Waals surface area (Å²) in [6.07, 6.45) is 3.99. The average molecular weight is 325 g/mol. The normalized spacial score (nSPS) is 25.6. The lowest BCUT2D eigenvalue weighted by Gasteiger charge is -2.20. The van der Waals surface area contributed by atoms with E-state index in [0.29, 0.717) is 5.41 Å². The Bertz CT molecular complexity index is 796. The van der Waals surface area contributed by atoms with Crippen LogP contribution < -0.4 is 17.2 Å². The summed E-state index contributed by atoms with van der Waals surface area (Å²) in [5, 5.41) is 0. The van der Waals surface area contributed by atoms with Gasteiger partial charge in [-0.05, 0) is 54.5 Å². The van der Waals surface area contributed by atoms with E-state index < -0.39 is 0 Å². The Morgan fingerprint density at radius 3 is 2.71 bits per heavy atom. The molecule has 1 saturated heterocycles. The van der Waals surface area contributed by atoms with Gasteiger partial charge in [-0.3, -0.25) is 4.57 Å². The third-order valence-corrected chi connectivity index (χ3v) is 5.54. The molecule has 0 spiro atoms. The number of hydrogen-bond acceptors (Lipinski definition) is 5. The van der Waals surface area contributed by atoms with Gasteiger partial charge in [-0.15, -0.1) is 0 Å². The number of anilines is 1. The monoisotopic (exact) mass is 325 g/mol. The molecule has 1 aromatic heterocycles.